The molecule has 0 aliphatic carbocycles. The number of ether oxygens (including phenoxy) is 1. The van der Waals surface area contributed by atoms with Gasteiger partial charge in [-0.15, -0.1) is 10.2 Å². The van der Waals surface area contributed by atoms with Gasteiger partial charge in [0.05, 0.1) is 7.11 Å². The van der Waals surface area contributed by atoms with Gasteiger partial charge in [0.1, 0.15) is 11.6 Å². The normalized spacial score (nSPS) is 11.2. The second-order valence-electron chi connectivity index (χ2n) is 4.01. The minimum atomic E-state index is 0.583. The van der Waals surface area contributed by atoms with E-state index < -0.39 is 0 Å². The first kappa shape index (κ1) is 9.96. The minimum Gasteiger partial charge on any atom is -0.497 e. The molecule has 15 heavy (non-hydrogen) atoms. The predicted molar refractivity (Wildman–Crippen MR) is 58.1 cm³/mol. The van der Waals surface area contributed by atoms with Crippen LogP contribution in [0.15, 0.2) is 18.3 Å². The van der Waals surface area contributed by atoms with Crippen LogP contribution in [-0.4, -0.2) is 21.7 Å². The Kier molecular flexibility index (Phi) is 2.58. The third-order valence-corrected chi connectivity index (χ3v) is 2.28. The summed E-state index contributed by atoms with van der Waals surface area (Å²) in [5.41, 5.74) is 0.838. The molecule has 0 fully saturated rings. The van der Waals surface area contributed by atoms with E-state index in [4.69, 9.17) is 4.74 Å². The lowest BCUT2D eigenvalue weighted by molar-refractivity contribution is 0.414. The van der Waals surface area contributed by atoms with Gasteiger partial charge in [-0.05, 0) is 12.0 Å². The maximum absolute atomic E-state index is 5.13. The van der Waals surface area contributed by atoms with Crippen molar-refractivity contribution in [2.24, 2.45) is 5.92 Å². The van der Waals surface area contributed by atoms with Crippen LogP contribution in [0.2, 0.25) is 0 Å². The maximum atomic E-state index is 5.13. The van der Waals surface area contributed by atoms with Crippen LogP contribution < -0.4 is 4.74 Å². The maximum Gasteiger partial charge on any atom is 0.164 e. The fraction of sp³-hybridized carbons (Fsp3) is 0.455. The molecule has 2 rings (SSSR count). The van der Waals surface area contributed by atoms with Crippen molar-refractivity contribution in [3.63, 3.8) is 0 Å². The standard InChI is InChI=1S/C11H15N3O/c1-8(2)6-10-12-13-11-7-9(15-3)4-5-14(10)11/h4-5,7-8H,6H2,1-3H3. The number of methoxy groups -OCH3 is 1. The molecule has 4 nitrogen and oxygen atoms in total. The lowest BCUT2D eigenvalue weighted by atomic mass is 10.1. The average molecular weight is 205 g/mol. The quantitative estimate of drug-likeness (QED) is 0.768. The molecule has 0 saturated carbocycles. The van der Waals surface area contributed by atoms with Crippen molar-refractivity contribution in [3.8, 4) is 5.75 Å². The van der Waals surface area contributed by atoms with Gasteiger partial charge in [0.15, 0.2) is 5.65 Å². The first-order valence-electron chi connectivity index (χ1n) is 5.08. The monoisotopic (exact) mass is 205 g/mol. The number of nitrogens with zero attached hydrogens (tertiary/aromatic N) is 3. The third-order valence-electron chi connectivity index (χ3n) is 2.28. The molecule has 2 aromatic heterocycles. The fourth-order valence-corrected chi connectivity index (χ4v) is 1.55. The van der Waals surface area contributed by atoms with E-state index in [1.807, 2.05) is 22.7 Å². The number of fused-ring (bicyclic) bond motifs is 1. The lowest BCUT2D eigenvalue weighted by Crippen LogP contribution is -2.00. The SMILES string of the molecule is COc1ccn2c(CC(C)C)nnc2c1. The van der Waals surface area contributed by atoms with Crippen LogP contribution in [0.5, 0.6) is 5.75 Å². The summed E-state index contributed by atoms with van der Waals surface area (Å²) in [6, 6.07) is 3.80. The molecule has 0 aromatic carbocycles. The summed E-state index contributed by atoms with van der Waals surface area (Å²) in [6.45, 7) is 4.34. The second-order valence-corrected chi connectivity index (χ2v) is 4.01. The van der Waals surface area contributed by atoms with Gasteiger partial charge in [-0.25, -0.2) is 0 Å². The Bertz CT molecular complexity index is 462. The van der Waals surface area contributed by atoms with E-state index in [2.05, 4.69) is 24.0 Å². The Morgan fingerprint density at radius 1 is 1.40 bits per heavy atom. The Morgan fingerprint density at radius 2 is 2.20 bits per heavy atom. The Morgan fingerprint density at radius 3 is 2.87 bits per heavy atom. The van der Waals surface area contributed by atoms with Crippen LogP contribution in [-0.2, 0) is 6.42 Å². The lowest BCUT2D eigenvalue weighted by Gasteiger charge is -2.03. The molecule has 0 aliphatic heterocycles. The molecule has 0 bridgehead atoms. The third kappa shape index (κ3) is 1.93. The van der Waals surface area contributed by atoms with Crippen molar-refractivity contribution < 1.29 is 4.74 Å². The number of hydrogen-bond acceptors (Lipinski definition) is 3. The Labute approximate surface area is 88.9 Å². The molecule has 0 aliphatic rings. The van der Waals surface area contributed by atoms with E-state index in [0.29, 0.717) is 5.92 Å². The van der Waals surface area contributed by atoms with Crippen LogP contribution >= 0.6 is 0 Å². The highest BCUT2D eigenvalue weighted by Crippen LogP contribution is 2.14. The van der Waals surface area contributed by atoms with E-state index in [1.54, 1.807) is 7.11 Å². The zero-order valence-electron chi connectivity index (χ0n) is 9.27. The van der Waals surface area contributed by atoms with Crippen molar-refractivity contribution in [1.29, 1.82) is 0 Å². The zero-order valence-corrected chi connectivity index (χ0v) is 9.27. The molecule has 0 N–H and O–H groups in total. The summed E-state index contributed by atoms with van der Waals surface area (Å²) in [7, 11) is 1.65. The molecule has 0 spiro atoms. The first-order valence-corrected chi connectivity index (χ1v) is 5.08. The van der Waals surface area contributed by atoms with Crippen LogP contribution in [0.1, 0.15) is 19.7 Å². The topological polar surface area (TPSA) is 39.4 Å². The number of pyridine rings is 1. The van der Waals surface area contributed by atoms with Gasteiger partial charge in [0.2, 0.25) is 0 Å². The van der Waals surface area contributed by atoms with Gasteiger partial charge in [-0.1, -0.05) is 13.8 Å². The average Bonchev–Trinajstić information content (AvgIpc) is 2.60. The first-order chi connectivity index (χ1) is 7.20. The number of hydrogen-bond donors (Lipinski definition) is 0. The molecule has 0 unspecified atom stereocenters. The molecular weight excluding hydrogens is 190 g/mol. The molecule has 0 amide bonds. The van der Waals surface area contributed by atoms with Crippen molar-refractivity contribution in [1.82, 2.24) is 14.6 Å². The van der Waals surface area contributed by atoms with Crippen LogP contribution in [0.4, 0.5) is 0 Å². The van der Waals surface area contributed by atoms with Gasteiger partial charge >= 0.3 is 0 Å². The van der Waals surface area contributed by atoms with Gasteiger partial charge < -0.3 is 4.74 Å². The summed E-state index contributed by atoms with van der Waals surface area (Å²) >= 11 is 0. The van der Waals surface area contributed by atoms with Crippen molar-refractivity contribution in [2.45, 2.75) is 20.3 Å². The summed E-state index contributed by atoms with van der Waals surface area (Å²) in [6.07, 6.45) is 2.89. The Balaban J connectivity index is 2.43. The van der Waals surface area contributed by atoms with E-state index in [-0.39, 0.29) is 0 Å². The molecule has 2 heterocycles. The van der Waals surface area contributed by atoms with Crippen LogP contribution in [0, 0.1) is 5.92 Å². The van der Waals surface area contributed by atoms with Gasteiger partial charge in [-0.3, -0.25) is 4.40 Å². The zero-order chi connectivity index (χ0) is 10.8. The largest absolute Gasteiger partial charge is 0.497 e. The van der Waals surface area contributed by atoms with Gasteiger partial charge in [0, 0.05) is 18.7 Å². The summed E-state index contributed by atoms with van der Waals surface area (Å²) in [5.74, 6) is 2.40. The van der Waals surface area contributed by atoms with Gasteiger partial charge in [0.25, 0.3) is 0 Å². The highest BCUT2D eigenvalue weighted by atomic mass is 16.5. The number of rotatable bonds is 3. The van der Waals surface area contributed by atoms with Crippen LogP contribution in [0.25, 0.3) is 5.65 Å². The van der Waals surface area contributed by atoms with Crippen molar-refractivity contribution in [2.75, 3.05) is 7.11 Å². The van der Waals surface area contributed by atoms with E-state index >= 15 is 0 Å². The predicted octanol–water partition coefficient (Wildman–Crippen LogP) is 1.94. The highest BCUT2D eigenvalue weighted by molar-refractivity contribution is 5.44. The Hall–Kier alpha value is -1.58. The molecule has 0 saturated heterocycles. The molecular formula is C11H15N3O. The summed E-state index contributed by atoms with van der Waals surface area (Å²) < 4.78 is 7.13. The van der Waals surface area contributed by atoms with Crippen LogP contribution in [0.3, 0.4) is 0 Å². The number of aromatic nitrogens is 3. The smallest absolute Gasteiger partial charge is 0.164 e. The summed E-state index contributed by atoms with van der Waals surface area (Å²) in [5, 5.41) is 8.28. The van der Waals surface area contributed by atoms with E-state index in [1.165, 1.54) is 0 Å². The second kappa shape index (κ2) is 3.88. The van der Waals surface area contributed by atoms with Crippen molar-refractivity contribution >= 4 is 5.65 Å². The molecule has 2 aromatic rings. The summed E-state index contributed by atoms with van der Waals surface area (Å²) in [4.78, 5) is 0. The highest BCUT2D eigenvalue weighted by Gasteiger charge is 2.07. The minimum absolute atomic E-state index is 0.583. The molecule has 4 heteroatoms. The molecule has 0 atom stereocenters. The van der Waals surface area contributed by atoms with E-state index in [9.17, 15) is 0 Å². The van der Waals surface area contributed by atoms with Gasteiger partial charge in [-0.2, -0.15) is 0 Å². The fourth-order valence-electron chi connectivity index (χ4n) is 1.55. The molecule has 80 valence electrons. The van der Waals surface area contributed by atoms with Crippen molar-refractivity contribution in [3.05, 3.63) is 24.2 Å². The molecule has 0 radical (unpaired) electrons. The van der Waals surface area contributed by atoms with E-state index in [0.717, 1.165) is 23.6 Å².